The highest BCUT2D eigenvalue weighted by atomic mass is 35.5. The quantitative estimate of drug-likeness (QED) is 0.624. The Morgan fingerprint density at radius 2 is 1.97 bits per heavy atom. The number of rotatable bonds is 4. The van der Waals surface area contributed by atoms with Gasteiger partial charge in [0.2, 0.25) is 5.75 Å². The molecule has 0 atom stereocenters. The van der Waals surface area contributed by atoms with Gasteiger partial charge in [-0.15, -0.1) is 0 Å². The predicted octanol–water partition coefficient (Wildman–Crippen LogP) is 4.51. The Balaban J connectivity index is 2.21. The van der Waals surface area contributed by atoms with Gasteiger partial charge in [0.1, 0.15) is 5.82 Å². The molecule has 9 heteroatoms. The van der Waals surface area contributed by atoms with Crippen molar-refractivity contribution in [1.29, 1.82) is 5.26 Å². The van der Waals surface area contributed by atoms with Crippen molar-refractivity contribution in [3.63, 3.8) is 0 Å². The van der Waals surface area contributed by atoms with E-state index in [1.54, 1.807) is 24.3 Å². The van der Waals surface area contributed by atoms with E-state index in [0.717, 1.165) is 6.07 Å². The van der Waals surface area contributed by atoms with Gasteiger partial charge in [-0.2, -0.15) is 23.4 Å². The fourth-order valence-corrected chi connectivity index (χ4v) is 3.13. The third-order valence-electron chi connectivity index (χ3n) is 4.14. The van der Waals surface area contributed by atoms with Crippen molar-refractivity contribution < 1.29 is 17.9 Å². The molecule has 0 amide bonds. The summed E-state index contributed by atoms with van der Waals surface area (Å²) in [6, 6.07) is 12.1. The third kappa shape index (κ3) is 4.25. The molecule has 148 valence electrons. The molecule has 0 saturated carbocycles. The van der Waals surface area contributed by atoms with E-state index in [9.17, 15) is 18.0 Å². The van der Waals surface area contributed by atoms with Crippen LogP contribution in [-0.4, -0.2) is 16.7 Å². The number of hydrogen-bond acceptors (Lipinski definition) is 4. The van der Waals surface area contributed by atoms with Crippen LogP contribution < -0.4 is 10.3 Å². The first-order valence-corrected chi connectivity index (χ1v) is 8.63. The molecule has 2 aromatic carbocycles. The Hall–Kier alpha value is -3.31. The van der Waals surface area contributed by atoms with Crippen molar-refractivity contribution in [3.8, 4) is 23.2 Å². The molecule has 3 aromatic rings. The summed E-state index contributed by atoms with van der Waals surface area (Å²) in [6.45, 7) is 0.126. The zero-order chi connectivity index (χ0) is 21.2. The Kier molecular flexibility index (Phi) is 5.62. The molecular weight excluding hydrogens is 407 g/mol. The molecule has 0 N–H and O–H groups in total. The lowest BCUT2D eigenvalue weighted by Gasteiger charge is -2.17. The van der Waals surface area contributed by atoms with Gasteiger partial charge in [0, 0.05) is 12.1 Å². The van der Waals surface area contributed by atoms with Crippen LogP contribution in [0.2, 0.25) is 5.02 Å². The number of hydrogen-bond donors (Lipinski definition) is 0. The van der Waals surface area contributed by atoms with E-state index >= 15 is 0 Å². The van der Waals surface area contributed by atoms with E-state index in [2.05, 4.69) is 4.98 Å². The van der Waals surface area contributed by atoms with Gasteiger partial charge in [0.15, 0.2) is 0 Å². The SMILES string of the molecule is COc1cn(Cc2cccc(C#N)c2)c(-c2cccc(C(F)(F)F)c2Cl)nc1=O. The lowest BCUT2D eigenvalue weighted by molar-refractivity contribution is -0.137. The predicted molar refractivity (Wildman–Crippen MR) is 101 cm³/mol. The molecular formula is C20H13ClF3N3O2. The topological polar surface area (TPSA) is 67.9 Å². The second-order valence-electron chi connectivity index (χ2n) is 6.04. The highest BCUT2D eigenvalue weighted by molar-refractivity contribution is 6.34. The summed E-state index contributed by atoms with van der Waals surface area (Å²) >= 11 is 6.03. The smallest absolute Gasteiger partial charge is 0.417 e. The maximum absolute atomic E-state index is 13.2. The van der Waals surface area contributed by atoms with Gasteiger partial charge in [-0.3, -0.25) is 4.79 Å². The Morgan fingerprint density at radius 3 is 2.62 bits per heavy atom. The van der Waals surface area contributed by atoms with Crippen LogP contribution in [0.1, 0.15) is 16.7 Å². The van der Waals surface area contributed by atoms with Crippen LogP contribution in [0, 0.1) is 11.3 Å². The van der Waals surface area contributed by atoms with Gasteiger partial charge in [0.25, 0.3) is 0 Å². The summed E-state index contributed by atoms with van der Waals surface area (Å²) < 4.78 is 46.2. The second-order valence-corrected chi connectivity index (χ2v) is 6.42. The molecule has 1 aromatic heterocycles. The van der Waals surface area contributed by atoms with Crippen molar-refractivity contribution in [3.05, 3.63) is 80.7 Å². The van der Waals surface area contributed by atoms with Crippen LogP contribution >= 0.6 is 11.6 Å². The number of methoxy groups -OCH3 is 1. The Morgan fingerprint density at radius 1 is 1.24 bits per heavy atom. The van der Waals surface area contributed by atoms with Crippen molar-refractivity contribution in [1.82, 2.24) is 9.55 Å². The molecule has 0 fully saturated rings. The number of nitriles is 1. The maximum Gasteiger partial charge on any atom is 0.417 e. The molecule has 29 heavy (non-hydrogen) atoms. The summed E-state index contributed by atoms with van der Waals surface area (Å²) in [7, 11) is 1.29. The molecule has 0 bridgehead atoms. The first kappa shape index (κ1) is 20.4. The van der Waals surface area contributed by atoms with Crippen LogP contribution in [0.4, 0.5) is 13.2 Å². The van der Waals surface area contributed by atoms with E-state index in [0.29, 0.717) is 11.1 Å². The molecule has 3 rings (SSSR count). The number of benzene rings is 2. The highest BCUT2D eigenvalue weighted by Crippen LogP contribution is 2.39. The van der Waals surface area contributed by atoms with Crippen molar-refractivity contribution in [2.45, 2.75) is 12.7 Å². The Labute approximate surface area is 168 Å². The van der Waals surface area contributed by atoms with Gasteiger partial charge < -0.3 is 9.30 Å². The first-order valence-electron chi connectivity index (χ1n) is 8.25. The summed E-state index contributed by atoms with van der Waals surface area (Å²) in [5, 5.41) is 8.51. The van der Waals surface area contributed by atoms with Crippen LogP contribution in [-0.2, 0) is 12.7 Å². The van der Waals surface area contributed by atoms with Gasteiger partial charge in [-0.05, 0) is 29.8 Å². The minimum Gasteiger partial charge on any atom is -0.490 e. The van der Waals surface area contributed by atoms with Crippen LogP contribution in [0.5, 0.6) is 5.75 Å². The number of aromatic nitrogens is 2. The number of alkyl halides is 3. The number of halogens is 4. The highest BCUT2D eigenvalue weighted by Gasteiger charge is 2.34. The van der Waals surface area contributed by atoms with Crippen molar-refractivity contribution >= 4 is 11.6 Å². The van der Waals surface area contributed by atoms with Crippen molar-refractivity contribution in [2.75, 3.05) is 7.11 Å². The minimum atomic E-state index is -4.66. The third-order valence-corrected chi connectivity index (χ3v) is 4.54. The standard InChI is InChI=1S/C20H13ClF3N3O2/c1-29-16-11-27(10-13-5-2-4-12(8-13)9-25)18(26-19(16)28)14-6-3-7-15(17(14)21)20(22,23)24/h2-8,11H,10H2,1H3. The lowest BCUT2D eigenvalue weighted by atomic mass is 10.1. The largest absolute Gasteiger partial charge is 0.490 e. The monoisotopic (exact) mass is 419 g/mol. The van der Waals surface area contributed by atoms with Crippen molar-refractivity contribution in [2.24, 2.45) is 0 Å². The van der Waals surface area contributed by atoms with Gasteiger partial charge in [-0.25, -0.2) is 0 Å². The molecule has 0 aliphatic rings. The summed E-state index contributed by atoms with van der Waals surface area (Å²) in [5.74, 6) is -0.123. The van der Waals surface area contributed by atoms with Gasteiger partial charge >= 0.3 is 11.7 Å². The van der Waals surface area contributed by atoms with E-state index in [4.69, 9.17) is 21.6 Å². The molecule has 0 aliphatic heterocycles. The normalized spacial score (nSPS) is 11.2. The van der Waals surface area contributed by atoms with Crippen LogP contribution in [0.25, 0.3) is 11.4 Å². The average molecular weight is 420 g/mol. The molecule has 0 unspecified atom stereocenters. The maximum atomic E-state index is 13.2. The molecule has 5 nitrogen and oxygen atoms in total. The van der Waals surface area contributed by atoms with E-state index in [-0.39, 0.29) is 23.7 Å². The van der Waals surface area contributed by atoms with Gasteiger partial charge in [0.05, 0.1) is 35.5 Å². The van der Waals surface area contributed by atoms with Crippen LogP contribution in [0.3, 0.4) is 0 Å². The van der Waals surface area contributed by atoms with Crippen LogP contribution in [0.15, 0.2) is 53.5 Å². The summed E-state index contributed by atoms with van der Waals surface area (Å²) in [4.78, 5) is 16.1. The fourth-order valence-electron chi connectivity index (χ4n) is 2.81. The zero-order valence-corrected chi connectivity index (χ0v) is 15.8. The summed E-state index contributed by atoms with van der Waals surface area (Å²) in [6.07, 6.45) is -3.31. The minimum absolute atomic E-state index is 0.0438. The van der Waals surface area contributed by atoms with E-state index < -0.39 is 22.3 Å². The molecule has 0 saturated heterocycles. The summed E-state index contributed by atoms with van der Waals surface area (Å²) in [5.41, 5.74) is -0.710. The first-order chi connectivity index (χ1) is 13.7. The molecule has 0 aliphatic carbocycles. The molecule has 0 radical (unpaired) electrons. The lowest BCUT2D eigenvalue weighted by Crippen LogP contribution is -2.18. The molecule has 1 heterocycles. The van der Waals surface area contributed by atoms with E-state index in [1.807, 2.05) is 6.07 Å². The number of nitrogens with zero attached hydrogens (tertiary/aromatic N) is 3. The second kappa shape index (κ2) is 7.97. The fraction of sp³-hybridized carbons (Fsp3) is 0.150. The van der Waals surface area contributed by atoms with Gasteiger partial charge in [-0.1, -0.05) is 29.8 Å². The zero-order valence-electron chi connectivity index (χ0n) is 15.0. The Bertz CT molecular complexity index is 1170. The van der Waals surface area contributed by atoms with E-state index in [1.165, 1.54) is 30.0 Å². The molecule has 0 spiro atoms. The average Bonchev–Trinajstić information content (AvgIpc) is 2.68. The number of ether oxygens (including phenoxy) is 1.